The van der Waals surface area contributed by atoms with E-state index in [-0.39, 0.29) is 17.5 Å². The van der Waals surface area contributed by atoms with Gasteiger partial charge in [-0.1, -0.05) is 6.92 Å². The summed E-state index contributed by atoms with van der Waals surface area (Å²) in [4.78, 5) is 27.2. The Morgan fingerprint density at radius 3 is 3.04 bits per heavy atom. The van der Waals surface area contributed by atoms with Gasteiger partial charge in [-0.25, -0.2) is 0 Å². The lowest BCUT2D eigenvalue weighted by Crippen LogP contribution is -2.60. The fourth-order valence-electron chi connectivity index (χ4n) is 5.72. The number of nitrogens with one attached hydrogen (secondary N) is 1. The van der Waals surface area contributed by atoms with Gasteiger partial charge >= 0.3 is 0 Å². The largest absolute Gasteiger partial charge is 0.353 e. The maximum atomic E-state index is 12.5. The molecule has 1 saturated carbocycles. The monoisotopic (exact) mass is 360 g/mol. The maximum Gasteiger partial charge on any atom is 0.224 e. The Labute approximate surface area is 154 Å². The molecule has 3 fully saturated rings. The predicted molar refractivity (Wildman–Crippen MR) is 99.4 cm³/mol. The highest BCUT2D eigenvalue weighted by Crippen LogP contribution is 2.51. The van der Waals surface area contributed by atoms with Crippen molar-refractivity contribution in [2.24, 2.45) is 11.8 Å². The van der Waals surface area contributed by atoms with Crippen LogP contribution in [0, 0.1) is 11.8 Å². The Kier molecular flexibility index (Phi) is 4.61. The van der Waals surface area contributed by atoms with Crippen molar-refractivity contribution in [3.05, 3.63) is 22.4 Å². The third-order valence-electron chi connectivity index (χ3n) is 6.87. The van der Waals surface area contributed by atoms with Crippen LogP contribution in [0.2, 0.25) is 0 Å². The Bertz CT molecular complexity index is 644. The molecular weight excluding hydrogens is 332 g/mol. The van der Waals surface area contributed by atoms with E-state index in [0.29, 0.717) is 30.6 Å². The molecule has 0 radical (unpaired) electrons. The lowest BCUT2D eigenvalue weighted by Gasteiger charge is -2.52. The first-order valence-corrected chi connectivity index (χ1v) is 10.7. The summed E-state index contributed by atoms with van der Waals surface area (Å²) in [5.41, 5.74) is 1.19. The standard InChI is InChI=1S/C20H28N2O2S/c1-14-16-4-2-5-19(24)22-10-3-8-20(16,22)9-6-17(14)21-18(23)12-15-7-11-25-13-15/h7,11,13-14,16-17H,2-6,8-10,12H2,1H3,(H,21,23)/t14-,16+,17+,20-/m1/s1. The van der Waals surface area contributed by atoms with Crippen LogP contribution in [0.3, 0.4) is 0 Å². The molecule has 2 saturated heterocycles. The topological polar surface area (TPSA) is 49.4 Å². The second-order valence-corrected chi connectivity index (χ2v) is 8.91. The van der Waals surface area contributed by atoms with E-state index in [1.807, 2.05) is 16.8 Å². The molecule has 2 amide bonds. The molecular formula is C20H28N2O2S. The average Bonchev–Trinajstić information content (AvgIpc) is 3.21. The quantitative estimate of drug-likeness (QED) is 0.898. The minimum absolute atomic E-state index is 0.0849. The van der Waals surface area contributed by atoms with Crippen molar-refractivity contribution < 1.29 is 9.59 Å². The van der Waals surface area contributed by atoms with E-state index in [2.05, 4.69) is 17.1 Å². The molecule has 2 aliphatic heterocycles. The van der Waals surface area contributed by atoms with Crippen LogP contribution in [-0.2, 0) is 16.0 Å². The summed E-state index contributed by atoms with van der Waals surface area (Å²) in [5.74, 6) is 1.47. The summed E-state index contributed by atoms with van der Waals surface area (Å²) in [6.45, 7) is 3.24. The number of hydrogen-bond acceptors (Lipinski definition) is 3. The Morgan fingerprint density at radius 1 is 1.36 bits per heavy atom. The van der Waals surface area contributed by atoms with Crippen LogP contribution in [0.4, 0.5) is 0 Å². The number of amides is 2. The molecule has 1 aliphatic carbocycles. The minimum atomic E-state index is 0.0849. The number of rotatable bonds is 3. The Morgan fingerprint density at radius 2 is 2.24 bits per heavy atom. The summed E-state index contributed by atoms with van der Waals surface area (Å²) < 4.78 is 0. The number of carbonyl (C=O) groups excluding carboxylic acids is 2. The molecule has 136 valence electrons. The third kappa shape index (κ3) is 3.01. The van der Waals surface area contributed by atoms with E-state index < -0.39 is 0 Å². The van der Waals surface area contributed by atoms with Crippen LogP contribution in [0.1, 0.15) is 57.4 Å². The van der Waals surface area contributed by atoms with Gasteiger partial charge in [0.25, 0.3) is 0 Å². The van der Waals surface area contributed by atoms with E-state index in [9.17, 15) is 9.59 Å². The zero-order chi connectivity index (χ0) is 17.4. The van der Waals surface area contributed by atoms with E-state index in [1.54, 1.807) is 11.3 Å². The fraction of sp³-hybridized carbons (Fsp3) is 0.700. The van der Waals surface area contributed by atoms with Crippen molar-refractivity contribution in [2.45, 2.75) is 69.9 Å². The predicted octanol–water partition coefficient (Wildman–Crippen LogP) is 3.37. The van der Waals surface area contributed by atoms with Gasteiger partial charge in [-0.3, -0.25) is 9.59 Å². The van der Waals surface area contributed by atoms with Gasteiger partial charge in [-0.15, -0.1) is 0 Å². The first-order chi connectivity index (χ1) is 12.1. The summed E-state index contributed by atoms with van der Waals surface area (Å²) in [6.07, 6.45) is 7.66. The van der Waals surface area contributed by atoms with Crippen LogP contribution in [0.15, 0.2) is 16.8 Å². The molecule has 4 atom stereocenters. The molecule has 3 aliphatic rings. The zero-order valence-corrected chi connectivity index (χ0v) is 15.8. The van der Waals surface area contributed by atoms with Gasteiger partial charge in [0.2, 0.25) is 11.8 Å². The highest BCUT2D eigenvalue weighted by Gasteiger charge is 2.55. The van der Waals surface area contributed by atoms with Crippen molar-refractivity contribution in [2.75, 3.05) is 6.54 Å². The molecule has 0 bridgehead atoms. The maximum absolute atomic E-state index is 12.5. The average molecular weight is 361 g/mol. The second-order valence-electron chi connectivity index (χ2n) is 8.13. The Hall–Kier alpha value is -1.36. The molecule has 1 aromatic rings. The SMILES string of the molecule is C[C@H]1[C@@H](NC(=O)Cc2ccsc2)CC[C@@]23CCCN2C(=O)CCC[C@@H]13. The lowest BCUT2D eigenvalue weighted by atomic mass is 9.63. The van der Waals surface area contributed by atoms with Crippen LogP contribution in [0.25, 0.3) is 0 Å². The van der Waals surface area contributed by atoms with Gasteiger partial charge in [0.15, 0.2) is 0 Å². The number of thiophene rings is 1. The van der Waals surface area contributed by atoms with E-state index in [0.717, 1.165) is 50.6 Å². The first kappa shape index (κ1) is 17.1. The second kappa shape index (κ2) is 6.75. The van der Waals surface area contributed by atoms with Crippen molar-refractivity contribution in [1.82, 2.24) is 10.2 Å². The third-order valence-corrected chi connectivity index (χ3v) is 7.61. The van der Waals surface area contributed by atoms with Crippen molar-refractivity contribution >= 4 is 23.2 Å². The molecule has 5 heteroatoms. The zero-order valence-electron chi connectivity index (χ0n) is 15.0. The summed E-state index contributed by atoms with van der Waals surface area (Å²) >= 11 is 1.64. The smallest absolute Gasteiger partial charge is 0.224 e. The molecule has 1 spiro atoms. The van der Waals surface area contributed by atoms with E-state index >= 15 is 0 Å². The molecule has 0 aromatic carbocycles. The lowest BCUT2D eigenvalue weighted by molar-refractivity contribution is -0.139. The summed E-state index contributed by atoms with van der Waals surface area (Å²) in [5, 5.41) is 7.38. The summed E-state index contributed by atoms with van der Waals surface area (Å²) in [6, 6.07) is 2.27. The van der Waals surface area contributed by atoms with Gasteiger partial charge in [-0.2, -0.15) is 11.3 Å². The molecule has 1 aromatic heterocycles. The highest BCUT2D eigenvalue weighted by molar-refractivity contribution is 7.08. The number of nitrogens with zero attached hydrogens (tertiary/aromatic N) is 1. The van der Waals surface area contributed by atoms with Crippen molar-refractivity contribution in [3.8, 4) is 0 Å². The van der Waals surface area contributed by atoms with Gasteiger partial charge in [0.05, 0.1) is 6.42 Å². The van der Waals surface area contributed by atoms with Crippen LogP contribution in [-0.4, -0.2) is 34.8 Å². The van der Waals surface area contributed by atoms with Gasteiger partial charge in [0.1, 0.15) is 0 Å². The molecule has 1 N–H and O–H groups in total. The van der Waals surface area contributed by atoms with Crippen molar-refractivity contribution in [1.29, 1.82) is 0 Å². The normalized spacial score (nSPS) is 35.0. The van der Waals surface area contributed by atoms with E-state index in [4.69, 9.17) is 0 Å². The number of carbonyl (C=O) groups is 2. The molecule has 4 nitrogen and oxygen atoms in total. The molecule has 3 heterocycles. The minimum Gasteiger partial charge on any atom is -0.353 e. The molecule has 4 rings (SSSR count). The van der Waals surface area contributed by atoms with E-state index in [1.165, 1.54) is 0 Å². The van der Waals surface area contributed by atoms with Gasteiger partial charge in [0, 0.05) is 24.5 Å². The Balaban J connectivity index is 1.47. The van der Waals surface area contributed by atoms with Crippen molar-refractivity contribution in [3.63, 3.8) is 0 Å². The highest BCUT2D eigenvalue weighted by atomic mass is 32.1. The fourth-order valence-corrected chi connectivity index (χ4v) is 6.39. The molecule has 25 heavy (non-hydrogen) atoms. The molecule has 0 unspecified atom stereocenters. The van der Waals surface area contributed by atoms with Crippen LogP contribution < -0.4 is 5.32 Å². The number of hydrogen-bond donors (Lipinski definition) is 1. The van der Waals surface area contributed by atoms with Gasteiger partial charge in [-0.05, 0) is 72.8 Å². The van der Waals surface area contributed by atoms with Crippen LogP contribution in [0.5, 0.6) is 0 Å². The summed E-state index contributed by atoms with van der Waals surface area (Å²) in [7, 11) is 0. The van der Waals surface area contributed by atoms with Crippen LogP contribution >= 0.6 is 11.3 Å². The first-order valence-electron chi connectivity index (χ1n) is 9.71. The van der Waals surface area contributed by atoms with Gasteiger partial charge < -0.3 is 10.2 Å².